The van der Waals surface area contributed by atoms with E-state index in [1.54, 1.807) is 29.4 Å². The summed E-state index contributed by atoms with van der Waals surface area (Å²) in [5.41, 5.74) is 2.63. The summed E-state index contributed by atoms with van der Waals surface area (Å²) >= 11 is 0. The smallest absolute Gasteiger partial charge is 0.342 e. The zero-order chi connectivity index (χ0) is 23.7. The van der Waals surface area contributed by atoms with Crippen LogP contribution in [0.4, 0.5) is 14.9 Å². The van der Waals surface area contributed by atoms with Crippen molar-refractivity contribution in [1.29, 1.82) is 0 Å². The van der Waals surface area contributed by atoms with Crippen LogP contribution in [0.25, 0.3) is 16.7 Å². The minimum Gasteiger partial charge on any atom is -0.342 e. The topological polar surface area (TPSA) is 92.7 Å². The molecule has 1 aliphatic heterocycles. The molecule has 3 heterocycles. The number of amides is 3. The first kappa shape index (κ1) is 22.0. The molecule has 2 aromatic heterocycles. The van der Waals surface area contributed by atoms with Crippen molar-refractivity contribution in [2.75, 3.05) is 11.9 Å². The molecular weight excluding hydrogens is 435 g/mol. The zero-order valence-electron chi connectivity index (χ0n) is 18.9. The lowest BCUT2D eigenvalue weighted by molar-refractivity contribution is -0.782. The summed E-state index contributed by atoms with van der Waals surface area (Å²) in [4.78, 5) is 39.0. The van der Waals surface area contributed by atoms with Crippen LogP contribution < -0.4 is 5.32 Å². The van der Waals surface area contributed by atoms with E-state index in [9.17, 15) is 14.0 Å². The summed E-state index contributed by atoms with van der Waals surface area (Å²) in [5, 5.41) is 2.85. The quantitative estimate of drug-likeness (QED) is 0.426. The number of benzene rings is 2. The largest absolute Gasteiger partial charge is 0.428 e. The van der Waals surface area contributed by atoms with Crippen LogP contribution in [-0.2, 0) is 11.2 Å². The van der Waals surface area contributed by atoms with Gasteiger partial charge in [-0.1, -0.05) is 12.1 Å². The molecule has 0 saturated carbocycles. The van der Waals surface area contributed by atoms with Crippen LogP contribution >= 0.6 is 0 Å². The fourth-order valence-electron chi connectivity index (χ4n) is 4.86. The number of H-pyrrole nitrogens is 1. The number of nitrogens with zero attached hydrogens (tertiary/aromatic N) is 4. The third-order valence-electron chi connectivity index (χ3n) is 6.69. The molecule has 2 N–H and O–H groups in total. The molecule has 1 fully saturated rings. The number of aromatic nitrogens is 4. The maximum atomic E-state index is 14.1. The Morgan fingerprint density at radius 2 is 2.12 bits per heavy atom. The van der Waals surface area contributed by atoms with Gasteiger partial charge in [0.2, 0.25) is 0 Å². The molecule has 9 heteroatoms. The molecule has 2 aromatic carbocycles. The number of hydrogen-bond donors (Lipinski definition) is 2. The second kappa shape index (κ2) is 8.83. The molecule has 1 saturated heterocycles. The number of para-hydroxylation sites is 2. The molecule has 34 heavy (non-hydrogen) atoms. The van der Waals surface area contributed by atoms with E-state index in [0.29, 0.717) is 30.2 Å². The Balaban J connectivity index is 1.39. The van der Waals surface area contributed by atoms with Crippen molar-refractivity contribution in [1.82, 2.24) is 19.5 Å². The van der Waals surface area contributed by atoms with E-state index in [1.807, 2.05) is 31.2 Å². The first-order chi connectivity index (χ1) is 16.5. The number of anilines is 1. The number of carbonyl (C=O) groups excluding carboxylic acids is 2. The van der Waals surface area contributed by atoms with Crippen molar-refractivity contribution < 1.29 is 18.5 Å². The Kier molecular flexibility index (Phi) is 5.70. The molecule has 5 rings (SSSR count). The number of fused-ring (bicyclic) bond motifs is 1. The van der Waals surface area contributed by atoms with E-state index in [2.05, 4.69) is 20.3 Å². The maximum Gasteiger partial charge on any atom is 0.428 e. The van der Waals surface area contributed by atoms with Crippen molar-refractivity contribution >= 4 is 28.7 Å². The number of hydrogen-bond acceptors (Lipinski definition) is 4. The fraction of sp³-hybridized carbons (Fsp3) is 0.280. The number of halogens is 1. The minimum atomic E-state index is -0.476. The van der Waals surface area contributed by atoms with E-state index in [4.69, 9.17) is 0 Å². The van der Waals surface area contributed by atoms with Gasteiger partial charge in [0.05, 0.1) is 41.7 Å². The lowest BCUT2D eigenvalue weighted by Crippen LogP contribution is -2.60. The van der Waals surface area contributed by atoms with Gasteiger partial charge in [0, 0.05) is 31.7 Å². The number of quaternary nitrogens is 1. The molecule has 1 unspecified atom stereocenters. The molecule has 0 spiro atoms. The Bertz CT molecular complexity index is 1320. The molecule has 4 aromatic rings. The van der Waals surface area contributed by atoms with Crippen molar-refractivity contribution in [2.24, 2.45) is 0 Å². The van der Waals surface area contributed by atoms with Crippen molar-refractivity contribution in [3.05, 3.63) is 72.8 Å². The Hall–Kier alpha value is -3.85. The van der Waals surface area contributed by atoms with Gasteiger partial charge in [0.25, 0.3) is 0 Å². The van der Waals surface area contributed by atoms with E-state index in [-0.39, 0.29) is 22.9 Å². The molecule has 0 aliphatic carbocycles. The minimum absolute atomic E-state index is 0.163. The predicted octanol–water partition coefficient (Wildman–Crippen LogP) is 4.58. The van der Waals surface area contributed by atoms with Gasteiger partial charge in [-0.25, -0.2) is 23.9 Å². The molecule has 2 atom stereocenters. The Morgan fingerprint density at radius 3 is 2.85 bits per heavy atom. The highest BCUT2D eigenvalue weighted by molar-refractivity contribution is 5.94. The van der Waals surface area contributed by atoms with Gasteiger partial charge in [-0.05, 0) is 37.3 Å². The predicted molar refractivity (Wildman–Crippen MR) is 126 cm³/mol. The average molecular weight is 462 g/mol. The molecule has 0 bridgehead atoms. The second-order valence-corrected chi connectivity index (χ2v) is 8.74. The molecule has 1 aliphatic rings. The first-order valence-electron chi connectivity index (χ1n) is 11.4. The summed E-state index contributed by atoms with van der Waals surface area (Å²) in [5.74, 6) is 0.0763. The standard InChI is InChI=1S/C25H25FN6O2/c1-17-5-4-14-32(17,24(33)11-10-23-28-19-6-2-3-7-20(19)29-23)25(34)30-21-15-18(26)8-9-22(21)31-13-12-27-16-31/h2-3,6-9,12-13,15-17H,4-5,10-11,14H2,1H3,(H-,28,29,30,34)/p+1/t17-,32?/m1/s1. The van der Waals surface area contributed by atoms with Crippen LogP contribution in [0, 0.1) is 5.82 Å². The number of aromatic amines is 1. The number of urea groups is 1. The van der Waals surface area contributed by atoms with Crippen LogP contribution in [0.2, 0.25) is 0 Å². The molecule has 3 amide bonds. The number of rotatable bonds is 5. The number of imide groups is 1. The van der Waals surface area contributed by atoms with Crippen LogP contribution in [0.15, 0.2) is 61.2 Å². The normalized spacial score (nSPS) is 20.0. The van der Waals surface area contributed by atoms with Crippen molar-refractivity contribution in [3.63, 3.8) is 0 Å². The second-order valence-electron chi connectivity index (χ2n) is 8.74. The van der Waals surface area contributed by atoms with Crippen LogP contribution in [-0.4, -0.2) is 48.5 Å². The monoisotopic (exact) mass is 461 g/mol. The zero-order valence-corrected chi connectivity index (χ0v) is 18.9. The van der Waals surface area contributed by atoms with E-state index >= 15 is 0 Å². The number of nitrogens with one attached hydrogen (secondary N) is 2. The van der Waals surface area contributed by atoms with Gasteiger partial charge in [-0.3, -0.25) is 5.32 Å². The van der Waals surface area contributed by atoms with Gasteiger partial charge in [0.1, 0.15) is 17.7 Å². The number of carbonyl (C=O) groups is 2. The summed E-state index contributed by atoms with van der Waals surface area (Å²) in [6, 6.07) is 11.3. The summed E-state index contributed by atoms with van der Waals surface area (Å²) < 4.78 is 15.5. The maximum absolute atomic E-state index is 14.1. The highest BCUT2D eigenvalue weighted by Gasteiger charge is 2.52. The molecule has 174 valence electrons. The van der Waals surface area contributed by atoms with Gasteiger partial charge < -0.3 is 9.55 Å². The van der Waals surface area contributed by atoms with Crippen molar-refractivity contribution in [2.45, 2.75) is 38.6 Å². The number of aryl methyl sites for hydroxylation is 1. The Labute approximate surface area is 196 Å². The van der Waals surface area contributed by atoms with E-state index < -0.39 is 11.8 Å². The lowest BCUT2D eigenvalue weighted by Gasteiger charge is -2.33. The SMILES string of the molecule is C[C@@H]1CCC[N+]1(C(=O)CCc1nc2ccccc2[nH]1)C(=O)Nc1cc(F)ccc1-n1ccnc1. The average Bonchev–Trinajstić information content (AvgIpc) is 3.57. The summed E-state index contributed by atoms with van der Waals surface area (Å²) in [6.45, 7) is 2.34. The van der Waals surface area contributed by atoms with Crippen LogP contribution in [0.1, 0.15) is 32.0 Å². The van der Waals surface area contributed by atoms with Gasteiger partial charge in [0.15, 0.2) is 0 Å². The highest BCUT2D eigenvalue weighted by Crippen LogP contribution is 2.32. The third kappa shape index (κ3) is 3.88. The van der Waals surface area contributed by atoms with E-state index in [1.165, 1.54) is 12.1 Å². The number of likely N-dealkylation sites (tertiary alicyclic amines) is 1. The highest BCUT2D eigenvalue weighted by atomic mass is 19.1. The fourth-order valence-corrected chi connectivity index (χ4v) is 4.86. The van der Waals surface area contributed by atoms with Crippen LogP contribution in [0.3, 0.4) is 0 Å². The molecule has 8 nitrogen and oxygen atoms in total. The van der Waals surface area contributed by atoms with Crippen molar-refractivity contribution in [3.8, 4) is 5.69 Å². The van der Waals surface area contributed by atoms with Gasteiger partial charge in [-0.2, -0.15) is 4.48 Å². The number of imidazole rings is 2. The first-order valence-corrected chi connectivity index (χ1v) is 11.4. The molecule has 0 radical (unpaired) electrons. The Morgan fingerprint density at radius 1 is 1.26 bits per heavy atom. The molecular formula is C25H26FN6O2+. The van der Waals surface area contributed by atoms with Gasteiger partial charge >= 0.3 is 11.9 Å². The van der Waals surface area contributed by atoms with E-state index in [0.717, 1.165) is 23.9 Å². The summed E-state index contributed by atoms with van der Waals surface area (Å²) in [7, 11) is 0. The van der Waals surface area contributed by atoms with Gasteiger partial charge in [-0.15, -0.1) is 0 Å². The third-order valence-corrected chi connectivity index (χ3v) is 6.69. The summed E-state index contributed by atoms with van der Waals surface area (Å²) in [6.07, 6.45) is 7.01. The van der Waals surface area contributed by atoms with Crippen LogP contribution in [0.5, 0.6) is 0 Å². The lowest BCUT2D eigenvalue weighted by atomic mass is 10.1.